The Balaban J connectivity index is 1.40. The van der Waals surface area contributed by atoms with Crippen molar-refractivity contribution in [2.75, 3.05) is 52.6 Å². The molecule has 2 amide bonds. The molecule has 0 aliphatic carbocycles. The molecule has 1 aromatic heterocycles. The monoisotopic (exact) mass is 362 g/mol. The molecule has 0 aromatic carbocycles. The van der Waals surface area contributed by atoms with E-state index in [9.17, 15) is 9.59 Å². The number of likely N-dealkylation sites (tertiary alicyclic amines) is 1. The van der Waals surface area contributed by atoms with E-state index in [1.807, 2.05) is 16.7 Å². The molecular formula is C19H26N2O5. The smallest absolute Gasteiger partial charge is 0.257 e. The van der Waals surface area contributed by atoms with Crippen LogP contribution in [0.3, 0.4) is 0 Å². The third-order valence-corrected chi connectivity index (χ3v) is 5.94. The lowest BCUT2D eigenvalue weighted by Gasteiger charge is -2.34. The summed E-state index contributed by atoms with van der Waals surface area (Å²) in [6.07, 6.45) is 2.05. The topological polar surface area (TPSA) is 72.2 Å². The highest BCUT2D eigenvalue weighted by Gasteiger charge is 2.43. The van der Waals surface area contributed by atoms with Gasteiger partial charge < -0.3 is 23.7 Å². The molecule has 4 heterocycles. The van der Waals surface area contributed by atoms with E-state index in [0.717, 1.165) is 0 Å². The van der Waals surface area contributed by atoms with Crippen LogP contribution in [0.1, 0.15) is 22.5 Å². The SMILES string of the molecule is Cc1occc1C(=O)N1C[C@@H]2COC[C@@H](CC(=O)N3CCOCC3)[C@@H]2C1. The van der Waals surface area contributed by atoms with Gasteiger partial charge in [0.25, 0.3) is 5.91 Å². The van der Waals surface area contributed by atoms with E-state index in [4.69, 9.17) is 13.9 Å². The molecule has 0 radical (unpaired) electrons. The number of morpholine rings is 1. The number of aryl methyl sites for hydroxylation is 1. The molecule has 3 fully saturated rings. The number of rotatable bonds is 3. The lowest BCUT2D eigenvalue weighted by atomic mass is 9.81. The van der Waals surface area contributed by atoms with Crippen LogP contribution < -0.4 is 0 Å². The Morgan fingerprint density at radius 1 is 1.12 bits per heavy atom. The summed E-state index contributed by atoms with van der Waals surface area (Å²) in [6.45, 7) is 7.04. The second-order valence-corrected chi connectivity index (χ2v) is 7.52. The number of hydrogen-bond acceptors (Lipinski definition) is 5. The quantitative estimate of drug-likeness (QED) is 0.807. The summed E-state index contributed by atoms with van der Waals surface area (Å²) in [4.78, 5) is 29.2. The Labute approximate surface area is 153 Å². The molecule has 0 unspecified atom stereocenters. The summed E-state index contributed by atoms with van der Waals surface area (Å²) in [7, 11) is 0. The van der Waals surface area contributed by atoms with Gasteiger partial charge in [0.05, 0.1) is 38.3 Å². The number of amides is 2. The van der Waals surface area contributed by atoms with E-state index in [1.165, 1.54) is 0 Å². The van der Waals surface area contributed by atoms with Crippen LogP contribution >= 0.6 is 0 Å². The minimum Gasteiger partial charge on any atom is -0.469 e. The van der Waals surface area contributed by atoms with Gasteiger partial charge in [-0.3, -0.25) is 9.59 Å². The number of hydrogen-bond donors (Lipinski definition) is 0. The highest BCUT2D eigenvalue weighted by Crippen LogP contribution is 2.36. The van der Waals surface area contributed by atoms with Gasteiger partial charge in [-0.05, 0) is 24.8 Å². The van der Waals surface area contributed by atoms with Crippen LogP contribution in [-0.2, 0) is 14.3 Å². The molecule has 4 rings (SSSR count). The van der Waals surface area contributed by atoms with Crippen molar-refractivity contribution in [3.8, 4) is 0 Å². The van der Waals surface area contributed by atoms with Crippen molar-refractivity contribution < 1.29 is 23.5 Å². The molecule has 1 aromatic rings. The molecule has 0 N–H and O–H groups in total. The van der Waals surface area contributed by atoms with Gasteiger partial charge >= 0.3 is 0 Å². The lowest BCUT2D eigenvalue weighted by Crippen LogP contribution is -2.44. The zero-order valence-electron chi connectivity index (χ0n) is 15.2. The van der Waals surface area contributed by atoms with E-state index in [1.54, 1.807) is 12.3 Å². The lowest BCUT2D eigenvalue weighted by molar-refractivity contribution is -0.138. The van der Waals surface area contributed by atoms with Crippen molar-refractivity contribution in [3.63, 3.8) is 0 Å². The molecule has 3 atom stereocenters. The number of carbonyl (C=O) groups is 2. The maximum Gasteiger partial charge on any atom is 0.257 e. The number of carbonyl (C=O) groups excluding carboxylic acids is 2. The summed E-state index contributed by atoms with van der Waals surface area (Å²) < 4.78 is 16.4. The molecule has 3 saturated heterocycles. The van der Waals surface area contributed by atoms with Gasteiger partial charge in [0, 0.05) is 38.5 Å². The fourth-order valence-electron chi connectivity index (χ4n) is 4.42. The Morgan fingerprint density at radius 3 is 2.65 bits per heavy atom. The zero-order valence-corrected chi connectivity index (χ0v) is 15.2. The Hall–Kier alpha value is -1.86. The largest absolute Gasteiger partial charge is 0.469 e. The van der Waals surface area contributed by atoms with Crippen molar-refractivity contribution in [2.24, 2.45) is 17.8 Å². The fraction of sp³-hybridized carbons (Fsp3) is 0.684. The van der Waals surface area contributed by atoms with Crippen LogP contribution in [0.15, 0.2) is 16.7 Å². The van der Waals surface area contributed by atoms with Gasteiger partial charge in [0.2, 0.25) is 5.91 Å². The average Bonchev–Trinajstić information content (AvgIpc) is 3.28. The summed E-state index contributed by atoms with van der Waals surface area (Å²) in [5, 5.41) is 0. The first kappa shape index (κ1) is 17.5. The van der Waals surface area contributed by atoms with E-state index in [2.05, 4.69) is 0 Å². The summed E-state index contributed by atoms with van der Waals surface area (Å²) in [5.41, 5.74) is 0.630. The van der Waals surface area contributed by atoms with Gasteiger partial charge in [-0.25, -0.2) is 0 Å². The van der Waals surface area contributed by atoms with Crippen LogP contribution in [-0.4, -0.2) is 74.2 Å². The van der Waals surface area contributed by atoms with E-state index in [0.29, 0.717) is 82.2 Å². The standard InChI is InChI=1S/C19H26N2O5/c1-13-16(2-5-26-13)19(23)21-9-15-12-25-11-14(17(15)10-21)8-18(22)20-3-6-24-7-4-20/h2,5,14-15,17H,3-4,6-12H2,1H3/t14-,15-,17+/m1/s1. The zero-order chi connectivity index (χ0) is 18.1. The molecule has 7 nitrogen and oxygen atoms in total. The third-order valence-electron chi connectivity index (χ3n) is 5.94. The van der Waals surface area contributed by atoms with Crippen LogP contribution in [0.4, 0.5) is 0 Å². The number of furan rings is 1. The first-order chi connectivity index (χ1) is 12.6. The molecule has 0 saturated carbocycles. The van der Waals surface area contributed by atoms with Crippen molar-refractivity contribution in [3.05, 3.63) is 23.7 Å². The van der Waals surface area contributed by atoms with Crippen LogP contribution in [0.5, 0.6) is 0 Å². The third kappa shape index (κ3) is 3.38. The summed E-state index contributed by atoms with van der Waals surface area (Å²) in [5.74, 6) is 1.65. The summed E-state index contributed by atoms with van der Waals surface area (Å²) >= 11 is 0. The maximum atomic E-state index is 12.8. The minimum absolute atomic E-state index is 0.0175. The van der Waals surface area contributed by atoms with Crippen LogP contribution in [0.25, 0.3) is 0 Å². The van der Waals surface area contributed by atoms with Gasteiger partial charge in [-0.1, -0.05) is 0 Å². The molecule has 3 aliphatic heterocycles. The van der Waals surface area contributed by atoms with Crippen LogP contribution in [0, 0.1) is 24.7 Å². The second kappa shape index (κ2) is 7.40. The minimum atomic E-state index is 0.0175. The first-order valence-electron chi connectivity index (χ1n) is 9.40. The molecule has 0 spiro atoms. The van der Waals surface area contributed by atoms with E-state index >= 15 is 0 Å². The summed E-state index contributed by atoms with van der Waals surface area (Å²) in [6, 6.07) is 1.73. The number of ether oxygens (including phenoxy) is 2. The molecule has 7 heteroatoms. The maximum absolute atomic E-state index is 12.8. The predicted molar refractivity (Wildman–Crippen MR) is 92.7 cm³/mol. The van der Waals surface area contributed by atoms with Crippen molar-refractivity contribution in [1.29, 1.82) is 0 Å². The molecular weight excluding hydrogens is 336 g/mol. The second-order valence-electron chi connectivity index (χ2n) is 7.52. The molecule has 3 aliphatic rings. The Kier molecular flexibility index (Phi) is 5.00. The van der Waals surface area contributed by atoms with Gasteiger partial charge in [0.1, 0.15) is 5.76 Å². The molecule has 26 heavy (non-hydrogen) atoms. The van der Waals surface area contributed by atoms with Gasteiger partial charge in [-0.2, -0.15) is 0 Å². The normalized spacial score (nSPS) is 28.9. The highest BCUT2D eigenvalue weighted by molar-refractivity contribution is 5.95. The fourth-order valence-corrected chi connectivity index (χ4v) is 4.42. The van der Waals surface area contributed by atoms with Gasteiger partial charge in [0.15, 0.2) is 0 Å². The van der Waals surface area contributed by atoms with Gasteiger partial charge in [-0.15, -0.1) is 0 Å². The molecule has 0 bridgehead atoms. The van der Waals surface area contributed by atoms with Crippen LogP contribution in [0.2, 0.25) is 0 Å². The Bertz CT molecular complexity index is 667. The number of fused-ring (bicyclic) bond motifs is 1. The van der Waals surface area contributed by atoms with E-state index in [-0.39, 0.29) is 17.7 Å². The van der Waals surface area contributed by atoms with Crippen molar-refractivity contribution in [1.82, 2.24) is 9.80 Å². The molecule has 142 valence electrons. The van der Waals surface area contributed by atoms with Crippen molar-refractivity contribution >= 4 is 11.8 Å². The first-order valence-corrected chi connectivity index (χ1v) is 9.40. The highest BCUT2D eigenvalue weighted by atomic mass is 16.5. The van der Waals surface area contributed by atoms with Crippen molar-refractivity contribution in [2.45, 2.75) is 13.3 Å². The average molecular weight is 362 g/mol. The van der Waals surface area contributed by atoms with E-state index < -0.39 is 0 Å². The Morgan fingerprint density at radius 2 is 1.92 bits per heavy atom. The predicted octanol–water partition coefficient (Wildman–Crippen LogP) is 1.17. The number of nitrogens with zero attached hydrogens (tertiary/aromatic N) is 2.